The van der Waals surface area contributed by atoms with Crippen LogP contribution in [0.1, 0.15) is 18.4 Å². The van der Waals surface area contributed by atoms with Gasteiger partial charge in [-0.05, 0) is 13.8 Å². The second-order valence-electron chi connectivity index (χ2n) is 3.40. The fourth-order valence-electron chi connectivity index (χ4n) is 1.35. The maximum atomic E-state index is 8.81. The van der Waals surface area contributed by atoms with Crippen molar-refractivity contribution in [2.45, 2.75) is 32.9 Å². The maximum absolute atomic E-state index is 8.81. The van der Waals surface area contributed by atoms with Crippen LogP contribution in [0.3, 0.4) is 0 Å². The molecule has 0 bridgehead atoms. The predicted octanol–water partition coefficient (Wildman–Crippen LogP) is 0.0735. The summed E-state index contributed by atoms with van der Waals surface area (Å²) >= 11 is 0. The van der Waals surface area contributed by atoms with E-state index >= 15 is 0 Å². The smallest absolute Gasteiger partial charge is 0.110 e. The van der Waals surface area contributed by atoms with Gasteiger partial charge in [0.05, 0.1) is 12.3 Å². The minimum Gasteiger partial charge on any atom is -0.395 e. The van der Waals surface area contributed by atoms with Crippen LogP contribution in [-0.2, 0) is 13.0 Å². The van der Waals surface area contributed by atoms with Crippen LogP contribution in [0.25, 0.3) is 0 Å². The first-order valence-electron chi connectivity index (χ1n) is 4.52. The first-order chi connectivity index (χ1) is 6.13. The van der Waals surface area contributed by atoms with E-state index in [9.17, 15) is 0 Å². The zero-order chi connectivity index (χ0) is 9.84. The third-order valence-corrected chi connectivity index (χ3v) is 1.83. The van der Waals surface area contributed by atoms with E-state index in [1.807, 2.05) is 24.6 Å². The van der Waals surface area contributed by atoms with Gasteiger partial charge in [-0.2, -0.15) is 0 Å². The van der Waals surface area contributed by atoms with Crippen LogP contribution in [0.4, 0.5) is 0 Å². The fourth-order valence-corrected chi connectivity index (χ4v) is 1.35. The highest BCUT2D eigenvalue weighted by molar-refractivity contribution is 5.03. The van der Waals surface area contributed by atoms with Crippen LogP contribution in [0.15, 0.2) is 6.20 Å². The predicted molar refractivity (Wildman–Crippen MR) is 51.4 cm³/mol. The molecule has 0 aromatic carbocycles. The quantitative estimate of drug-likeness (QED) is 0.694. The van der Waals surface area contributed by atoms with Crippen molar-refractivity contribution >= 4 is 0 Å². The number of aryl methyl sites for hydroxylation is 1. The number of nitrogens with zero attached hydrogens (tertiary/aromatic N) is 2. The zero-order valence-corrected chi connectivity index (χ0v) is 8.20. The first kappa shape index (κ1) is 10.2. The number of aliphatic hydroxyl groups excluding tert-OH is 1. The molecule has 0 aliphatic heterocycles. The summed E-state index contributed by atoms with van der Waals surface area (Å²) in [6.45, 7) is 4.64. The third kappa shape index (κ3) is 2.82. The van der Waals surface area contributed by atoms with Gasteiger partial charge in [-0.3, -0.25) is 0 Å². The summed E-state index contributed by atoms with van der Waals surface area (Å²) in [5.41, 5.74) is 6.66. The van der Waals surface area contributed by atoms with Gasteiger partial charge in [0.1, 0.15) is 5.82 Å². The molecule has 0 radical (unpaired) electrons. The van der Waals surface area contributed by atoms with E-state index in [4.69, 9.17) is 10.8 Å². The van der Waals surface area contributed by atoms with Crippen LogP contribution in [0.2, 0.25) is 0 Å². The van der Waals surface area contributed by atoms with Crippen molar-refractivity contribution < 1.29 is 5.11 Å². The Kier molecular flexibility index (Phi) is 3.45. The highest BCUT2D eigenvalue weighted by Crippen LogP contribution is 2.04. The van der Waals surface area contributed by atoms with Crippen LogP contribution in [0.5, 0.6) is 0 Å². The SMILES string of the molecule is Cc1cn(CCO)c(CC(C)N)n1. The van der Waals surface area contributed by atoms with Crippen molar-refractivity contribution in [2.24, 2.45) is 5.73 Å². The summed E-state index contributed by atoms with van der Waals surface area (Å²) in [6.07, 6.45) is 2.70. The van der Waals surface area contributed by atoms with Crippen LogP contribution in [0, 0.1) is 6.92 Å². The molecule has 0 saturated carbocycles. The Balaban J connectivity index is 2.77. The second-order valence-corrected chi connectivity index (χ2v) is 3.40. The van der Waals surface area contributed by atoms with Crippen molar-refractivity contribution in [3.8, 4) is 0 Å². The molecule has 1 rings (SSSR count). The highest BCUT2D eigenvalue weighted by atomic mass is 16.3. The number of aromatic nitrogens is 2. The molecule has 4 heteroatoms. The van der Waals surface area contributed by atoms with Crippen LogP contribution >= 0.6 is 0 Å². The molecule has 0 aliphatic rings. The number of hydrogen-bond acceptors (Lipinski definition) is 3. The van der Waals surface area contributed by atoms with E-state index in [0.29, 0.717) is 6.54 Å². The summed E-state index contributed by atoms with van der Waals surface area (Å²) in [6, 6.07) is 0.110. The average molecular weight is 183 g/mol. The standard InChI is InChI=1S/C9H17N3O/c1-7(10)5-9-11-8(2)6-12(9)3-4-13/h6-7,13H,3-5,10H2,1-2H3. The largest absolute Gasteiger partial charge is 0.395 e. The Morgan fingerprint density at radius 3 is 2.92 bits per heavy atom. The van der Waals surface area contributed by atoms with Crippen molar-refractivity contribution in [3.63, 3.8) is 0 Å². The molecule has 1 unspecified atom stereocenters. The van der Waals surface area contributed by atoms with Gasteiger partial charge in [0.2, 0.25) is 0 Å². The summed E-state index contributed by atoms with van der Waals surface area (Å²) in [7, 11) is 0. The van der Waals surface area contributed by atoms with E-state index in [1.165, 1.54) is 0 Å². The van der Waals surface area contributed by atoms with E-state index in [1.54, 1.807) is 0 Å². The molecule has 0 saturated heterocycles. The van der Waals surface area contributed by atoms with E-state index in [-0.39, 0.29) is 12.6 Å². The average Bonchev–Trinajstić information content (AvgIpc) is 2.31. The lowest BCUT2D eigenvalue weighted by atomic mass is 10.2. The Morgan fingerprint density at radius 1 is 1.69 bits per heavy atom. The zero-order valence-electron chi connectivity index (χ0n) is 8.20. The maximum Gasteiger partial charge on any atom is 0.110 e. The Labute approximate surface area is 78.4 Å². The van der Waals surface area contributed by atoms with Gasteiger partial charge in [-0.15, -0.1) is 0 Å². The molecular weight excluding hydrogens is 166 g/mol. The molecule has 74 valence electrons. The molecule has 4 nitrogen and oxygen atoms in total. The minimum atomic E-state index is 0.110. The minimum absolute atomic E-state index is 0.110. The van der Waals surface area contributed by atoms with Gasteiger partial charge < -0.3 is 15.4 Å². The summed E-state index contributed by atoms with van der Waals surface area (Å²) in [5, 5.41) is 8.81. The third-order valence-electron chi connectivity index (χ3n) is 1.83. The topological polar surface area (TPSA) is 64.1 Å². The second kappa shape index (κ2) is 4.39. The fraction of sp³-hybridized carbons (Fsp3) is 0.667. The van der Waals surface area contributed by atoms with Gasteiger partial charge in [0.25, 0.3) is 0 Å². The number of aliphatic hydroxyl groups is 1. The summed E-state index contributed by atoms with van der Waals surface area (Å²) in [5.74, 6) is 0.960. The lowest BCUT2D eigenvalue weighted by Gasteiger charge is -2.07. The molecule has 0 spiro atoms. The van der Waals surface area contributed by atoms with Crippen molar-refractivity contribution in [1.82, 2.24) is 9.55 Å². The molecule has 1 aromatic rings. The van der Waals surface area contributed by atoms with E-state index in [0.717, 1.165) is 17.9 Å². The molecular formula is C9H17N3O. The monoisotopic (exact) mass is 183 g/mol. The first-order valence-corrected chi connectivity index (χ1v) is 4.52. The van der Waals surface area contributed by atoms with Gasteiger partial charge in [-0.1, -0.05) is 0 Å². The lowest BCUT2D eigenvalue weighted by Crippen LogP contribution is -2.21. The van der Waals surface area contributed by atoms with E-state index in [2.05, 4.69) is 4.98 Å². The lowest BCUT2D eigenvalue weighted by molar-refractivity contribution is 0.274. The number of hydrogen-bond donors (Lipinski definition) is 2. The van der Waals surface area contributed by atoms with Gasteiger partial charge in [-0.25, -0.2) is 4.98 Å². The molecule has 0 amide bonds. The molecule has 1 atom stereocenters. The normalized spacial score (nSPS) is 13.2. The number of imidazole rings is 1. The number of rotatable bonds is 4. The summed E-state index contributed by atoms with van der Waals surface area (Å²) < 4.78 is 1.96. The van der Waals surface area contributed by atoms with Crippen LogP contribution < -0.4 is 5.73 Å². The van der Waals surface area contributed by atoms with Gasteiger partial charge in [0.15, 0.2) is 0 Å². The molecule has 0 aliphatic carbocycles. The molecule has 1 heterocycles. The molecule has 3 N–H and O–H groups in total. The van der Waals surface area contributed by atoms with Crippen molar-refractivity contribution in [1.29, 1.82) is 0 Å². The van der Waals surface area contributed by atoms with Gasteiger partial charge >= 0.3 is 0 Å². The van der Waals surface area contributed by atoms with Crippen molar-refractivity contribution in [3.05, 3.63) is 17.7 Å². The van der Waals surface area contributed by atoms with Crippen LogP contribution in [-0.4, -0.2) is 27.3 Å². The van der Waals surface area contributed by atoms with Gasteiger partial charge in [0, 0.05) is 25.2 Å². The molecule has 13 heavy (non-hydrogen) atoms. The Hall–Kier alpha value is -0.870. The Bertz CT molecular complexity index is 268. The highest BCUT2D eigenvalue weighted by Gasteiger charge is 2.06. The molecule has 1 aromatic heterocycles. The molecule has 0 fully saturated rings. The number of nitrogens with two attached hydrogens (primary N) is 1. The Morgan fingerprint density at radius 2 is 2.38 bits per heavy atom. The van der Waals surface area contributed by atoms with Crippen molar-refractivity contribution in [2.75, 3.05) is 6.61 Å². The summed E-state index contributed by atoms with van der Waals surface area (Å²) in [4.78, 5) is 4.34. The van der Waals surface area contributed by atoms with E-state index < -0.39 is 0 Å².